The molecule has 2 rings (SSSR count). The highest BCUT2D eigenvalue weighted by Gasteiger charge is 2.03. The number of hydrogen-bond donors (Lipinski definition) is 3. The number of aliphatic imine (C=N–C) groups is 1. The Labute approximate surface area is 153 Å². The minimum atomic E-state index is 0.0543. The molecule has 0 saturated carbocycles. The average Bonchev–Trinajstić information content (AvgIpc) is 3.12. The first-order valence-electron chi connectivity index (χ1n) is 8.57. The van der Waals surface area contributed by atoms with Gasteiger partial charge in [-0.25, -0.2) is 0 Å². The molecule has 0 unspecified atom stereocenters. The molecular formula is C19H26N4OS. The van der Waals surface area contributed by atoms with Crippen LogP contribution in [0.4, 0.5) is 5.69 Å². The summed E-state index contributed by atoms with van der Waals surface area (Å²) in [7, 11) is 1.77. The van der Waals surface area contributed by atoms with Crippen molar-refractivity contribution in [2.24, 2.45) is 4.99 Å². The second-order valence-electron chi connectivity index (χ2n) is 5.68. The van der Waals surface area contributed by atoms with Gasteiger partial charge in [0.25, 0.3) is 0 Å². The molecule has 0 radical (unpaired) electrons. The number of anilines is 1. The molecule has 0 fully saturated rings. The summed E-state index contributed by atoms with van der Waals surface area (Å²) in [5.74, 6) is 0.829. The molecule has 2 aromatic rings. The number of rotatable bonds is 8. The Morgan fingerprint density at radius 1 is 1.20 bits per heavy atom. The fourth-order valence-corrected chi connectivity index (χ4v) is 3.08. The molecule has 3 N–H and O–H groups in total. The standard InChI is InChI=1S/C19H26N4OS/c1-3-6-18(24)23-16-8-4-7-15(13-16)14-22-19(20-2)21-11-10-17-9-5-12-25-17/h4-5,7-9,12-13H,3,6,10-11,14H2,1-2H3,(H,23,24)(H2,20,21,22). The Morgan fingerprint density at radius 2 is 2.08 bits per heavy atom. The second kappa shape index (κ2) is 10.5. The van der Waals surface area contributed by atoms with Crippen LogP contribution >= 0.6 is 11.3 Å². The normalized spacial score (nSPS) is 11.2. The minimum absolute atomic E-state index is 0.0543. The van der Waals surface area contributed by atoms with E-state index in [1.165, 1.54) is 4.88 Å². The van der Waals surface area contributed by atoms with Gasteiger partial charge in [0.05, 0.1) is 0 Å². The number of benzene rings is 1. The Hall–Kier alpha value is -2.34. The predicted octanol–water partition coefficient (Wildman–Crippen LogP) is 3.39. The molecule has 0 aliphatic carbocycles. The zero-order valence-corrected chi connectivity index (χ0v) is 15.7. The molecule has 0 spiro atoms. The SMILES string of the molecule is CCCC(=O)Nc1cccc(CNC(=NC)NCCc2cccs2)c1. The predicted molar refractivity (Wildman–Crippen MR) is 106 cm³/mol. The van der Waals surface area contributed by atoms with Crippen molar-refractivity contribution < 1.29 is 4.79 Å². The van der Waals surface area contributed by atoms with Crippen LogP contribution in [0, 0.1) is 0 Å². The average molecular weight is 359 g/mol. The topological polar surface area (TPSA) is 65.5 Å². The van der Waals surface area contributed by atoms with Gasteiger partial charge in [0.1, 0.15) is 0 Å². The van der Waals surface area contributed by atoms with Gasteiger partial charge in [-0.2, -0.15) is 0 Å². The summed E-state index contributed by atoms with van der Waals surface area (Å²) in [5.41, 5.74) is 1.92. The van der Waals surface area contributed by atoms with Crippen molar-refractivity contribution in [3.05, 3.63) is 52.2 Å². The lowest BCUT2D eigenvalue weighted by atomic mass is 10.2. The van der Waals surface area contributed by atoms with Crippen molar-refractivity contribution in [2.45, 2.75) is 32.7 Å². The summed E-state index contributed by atoms with van der Waals surface area (Å²) < 4.78 is 0. The maximum atomic E-state index is 11.7. The summed E-state index contributed by atoms with van der Waals surface area (Å²) in [6.07, 6.45) is 2.38. The van der Waals surface area contributed by atoms with E-state index in [-0.39, 0.29) is 5.91 Å². The molecule has 0 aliphatic rings. The van der Waals surface area contributed by atoms with Crippen LogP contribution in [0.3, 0.4) is 0 Å². The number of thiophene rings is 1. The van der Waals surface area contributed by atoms with Crippen molar-refractivity contribution in [1.82, 2.24) is 10.6 Å². The third-order valence-corrected chi connectivity index (χ3v) is 4.55. The first-order chi connectivity index (χ1) is 12.2. The van der Waals surface area contributed by atoms with E-state index in [1.54, 1.807) is 18.4 Å². The van der Waals surface area contributed by atoms with Crippen LogP contribution in [-0.2, 0) is 17.8 Å². The van der Waals surface area contributed by atoms with Gasteiger partial charge in [-0.3, -0.25) is 9.79 Å². The zero-order chi connectivity index (χ0) is 17.9. The summed E-state index contributed by atoms with van der Waals surface area (Å²) in [5, 5.41) is 11.6. The summed E-state index contributed by atoms with van der Waals surface area (Å²) in [6, 6.07) is 12.1. The highest BCUT2D eigenvalue weighted by molar-refractivity contribution is 7.09. The summed E-state index contributed by atoms with van der Waals surface area (Å²) >= 11 is 1.77. The third kappa shape index (κ3) is 6.97. The number of nitrogens with one attached hydrogen (secondary N) is 3. The maximum Gasteiger partial charge on any atom is 0.224 e. The number of carbonyl (C=O) groups excluding carboxylic acids is 1. The minimum Gasteiger partial charge on any atom is -0.356 e. The van der Waals surface area contributed by atoms with Gasteiger partial charge < -0.3 is 16.0 Å². The second-order valence-corrected chi connectivity index (χ2v) is 6.71. The molecule has 25 heavy (non-hydrogen) atoms. The fraction of sp³-hybridized carbons (Fsp3) is 0.368. The van der Waals surface area contributed by atoms with Gasteiger partial charge in [-0.15, -0.1) is 11.3 Å². The van der Waals surface area contributed by atoms with E-state index in [9.17, 15) is 4.79 Å². The van der Waals surface area contributed by atoms with Crippen LogP contribution in [-0.4, -0.2) is 25.5 Å². The van der Waals surface area contributed by atoms with E-state index in [2.05, 4.69) is 38.5 Å². The largest absolute Gasteiger partial charge is 0.356 e. The Kier molecular flexibility index (Phi) is 7.98. The first kappa shape index (κ1) is 19.0. The molecule has 5 nitrogen and oxygen atoms in total. The Morgan fingerprint density at radius 3 is 2.80 bits per heavy atom. The zero-order valence-electron chi connectivity index (χ0n) is 14.8. The molecule has 1 aromatic heterocycles. The molecule has 0 atom stereocenters. The van der Waals surface area contributed by atoms with E-state index in [0.29, 0.717) is 13.0 Å². The molecule has 1 aromatic carbocycles. The van der Waals surface area contributed by atoms with Gasteiger partial charge in [0, 0.05) is 37.1 Å². The third-order valence-electron chi connectivity index (χ3n) is 3.62. The summed E-state index contributed by atoms with van der Waals surface area (Å²) in [6.45, 7) is 3.49. The molecule has 0 aliphatic heterocycles. The van der Waals surface area contributed by atoms with Crippen molar-refractivity contribution in [3.63, 3.8) is 0 Å². The van der Waals surface area contributed by atoms with Gasteiger partial charge in [0.2, 0.25) is 5.91 Å². The number of carbonyl (C=O) groups is 1. The van der Waals surface area contributed by atoms with E-state index in [0.717, 1.165) is 36.6 Å². The molecule has 1 heterocycles. The van der Waals surface area contributed by atoms with E-state index in [4.69, 9.17) is 0 Å². The number of nitrogens with zero attached hydrogens (tertiary/aromatic N) is 1. The highest BCUT2D eigenvalue weighted by Crippen LogP contribution is 2.11. The van der Waals surface area contributed by atoms with Gasteiger partial charge in [0.15, 0.2) is 5.96 Å². The van der Waals surface area contributed by atoms with Crippen LogP contribution in [0.25, 0.3) is 0 Å². The van der Waals surface area contributed by atoms with Crippen LogP contribution in [0.2, 0.25) is 0 Å². The Balaban J connectivity index is 1.79. The number of guanidine groups is 1. The van der Waals surface area contributed by atoms with Crippen molar-refractivity contribution in [2.75, 3.05) is 18.9 Å². The summed E-state index contributed by atoms with van der Waals surface area (Å²) in [4.78, 5) is 17.3. The van der Waals surface area contributed by atoms with E-state index in [1.807, 2.05) is 31.2 Å². The highest BCUT2D eigenvalue weighted by atomic mass is 32.1. The van der Waals surface area contributed by atoms with E-state index < -0.39 is 0 Å². The van der Waals surface area contributed by atoms with Crippen molar-refractivity contribution in [3.8, 4) is 0 Å². The maximum absolute atomic E-state index is 11.7. The van der Waals surface area contributed by atoms with Crippen molar-refractivity contribution in [1.29, 1.82) is 0 Å². The molecule has 134 valence electrons. The molecule has 0 bridgehead atoms. The lowest BCUT2D eigenvalue weighted by molar-refractivity contribution is -0.116. The Bertz CT molecular complexity index is 682. The molecule has 0 saturated heterocycles. The quantitative estimate of drug-likeness (QED) is 0.500. The smallest absolute Gasteiger partial charge is 0.224 e. The molecular weight excluding hydrogens is 332 g/mol. The lowest BCUT2D eigenvalue weighted by Crippen LogP contribution is -2.37. The first-order valence-corrected chi connectivity index (χ1v) is 9.45. The molecule has 6 heteroatoms. The van der Waals surface area contributed by atoms with Gasteiger partial charge >= 0.3 is 0 Å². The fourth-order valence-electron chi connectivity index (χ4n) is 2.37. The lowest BCUT2D eigenvalue weighted by Gasteiger charge is -2.12. The van der Waals surface area contributed by atoms with Gasteiger partial charge in [-0.05, 0) is 42.0 Å². The monoisotopic (exact) mass is 358 g/mol. The van der Waals surface area contributed by atoms with Crippen LogP contribution in [0.15, 0.2) is 46.8 Å². The van der Waals surface area contributed by atoms with Gasteiger partial charge in [-0.1, -0.05) is 25.1 Å². The van der Waals surface area contributed by atoms with E-state index >= 15 is 0 Å². The number of hydrogen-bond acceptors (Lipinski definition) is 3. The van der Waals surface area contributed by atoms with Crippen LogP contribution < -0.4 is 16.0 Å². The molecule has 1 amide bonds. The van der Waals surface area contributed by atoms with Crippen molar-refractivity contribution >= 4 is 28.9 Å². The van der Waals surface area contributed by atoms with Crippen LogP contribution in [0.1, 0.15) is 30.2 Å². The van der Waals surface area contributed by atoms with Crippen LogP contribution in [0.5, 0.6) is 0 Å². The number of amides is 1.